The maximum Gasteiger partial charge on any atom is 0.417 e. The van der Waals surface area contributed by atoms with Gasteiger partial charge in [-0.2, -0.15) is 17.5 Å². The average molecular weight is 479 g/mol. The quantitative estimate of drug-likeness (QED) is 0.364. The van der Waals surface area contributed by atoms with E-state index in [4.69, 9.17) is 4.74 Å². The molecule has 1 unspecified atom stereocenters. The molecular formula is C22H17F4N3O3S. The van der Waals surface area contributed by atoms with Gasteiger partial charge in [-0.15, -0.1) is 0 Å². The number of alkyl halides is 3. The molecule has 2 aromatic carbocycles. The van der Waals surface area contributed by atoms with E-state index in [1.54, 1.807) is 0 Å². The lowest BCUT2D eigenvalue weighted by atomic mass is 10.1. The van der Waals surface area contributed by atoms with Gasteiger partial charge in [-0.25, -0.2) is 8.60 Å². The molecule has 0 saturated carbocycles. The minimum Gasteiger partial charge on any atom is -0.457 e. The Bertz CT molecular complexity index is 1330. The van der Waals surface area contributed by atoms with Crippen LogP contribution in [0.1, 0.15) is 21.5 Å². The van der Waals surface area contributed by atoms with Gasteiger partial charge < -0.3 is 4.74 Å². The summed E-state index contributed by atoms with van der Waals surface area (Å²) in [5.41, 5.74) is -1.87. The SMILES string of the molecule is CN=Cc1c(F)cccc1Oc1ccc(S(C)(=O)=NC(=O)c2cnccc2C(F)(F)F)cc1. The van der Waals surface area contributed by atoms with Gasteiger partial charge in [0.1, 0.15) is 17.3 Å². The minimum absolute atomic E-state index is 0.0928. The molecule has 0 aliphatic heterocycles. The maximum atomic E-state index is 14.0. The van der Waals surface area contributed by atoms with Crippen molar-refractivity contribution < 1.29 is 31.3 Å². The number of ether oxygens (including phenoxy) is 1. The number of nitrogens with zero attached hydrogens (tertiary/aromatic N) is 3. The van der Waals surface area contributed by atoms with Crippen LogP contribution in [0.5, 0.6) is 11.5 Å². The molecule has 33 heavy (non-hydrogen) atoms. The van der Waals surface area contributed by atoms with Crippen LogP contribution in [0.4, 0.5) is 17.6 Å². The second kappa shape index (κ2) is 9.49. The molecule has 1 heterocycles. The monoisotopic (exact) mass is 479 g/mol. The number of hydrogen-bond donors (Lipinski definition) is 0. The molecule has 1 aromatic heterocycles. The lowest BCUT2D eigenvalue weighted by molar-refractivity contribution is -0.138. The van der Waals surface area contributed by atoms with Crippen LogP contribution in [0.25, 0.3) is 0 Å². The van der Waals surface area contributed by atoms with Gasteiger partial charge >= 0.3 is 6.18 Å². The summed E-state index contributed by atoms with van der Waals surface area (Å²) < 4.78 is 75.6. The first-order valence-electron chi connectivity index (χ1n) is 9.29. The molecule has 1 atom stereocenters. The van der Waals surface area contributed by atoms with Crippen LogP contribution in [-0.2, 0) is 15.9 Å². The van der Waals surface area contributed by atoms with E-state index >= 15 is 0 Å². The topological polar surface area (TPSA) is 81.0 Å². The first-order chi connectivity index (χ1) is 15.5. The zero-order chi connectivity index (χ0) is 24.2. The fraction of sp³-hybridized carbons (Fsp3) is 0.136. The highest BCUT2D eigenvalue weighted by atomic mass is 32.2. The highest BCUT2D eigenvalue weighted by Gasteiger charge is 2.35. The molecule has 11 heteroatoms. The van der Waals surface area contributed by atoms with E-state index in [0.29, 0.717) is 6.07 Å². The summed E-state index contributed by atoms with van der Waals surface area (Å²) in [7, 11) is -1.91. The molecule has 0 spiro atoms. The largest absolute Gasteiger partial charge is 0.457 e. The summed E-state index contributed by atoms with van der Waals surface area (Å²) in [4.78, 5) is 19.8. The van der Waals surface area contributed by atoms with Gasteiger partial charge in [-0.1, -0.05) is 6.07 Å². The number of aliphatic imine (C=N–C) groups is 1. The van der Waals surface area contributed by atoms with Crippen LogP contribution in [0.3, 0.4) is 0 Å². The van der Waals surface area contributed by atoms with Crippen LogP contribution in [0.2, 0.25) is 0 Å². The highest BCUT2D eigenvalue weighted by molar-refractivity contribution is 7.93. The van der Waals surface area contributed by atoms with Crippen molar-refractivity contribution in [3.05, 3.63) is 83.4 Å². The second-order valence-electron chi connectivity index (χ2n) is 6.73. The number of benzene rings is 2. The molecule has 1 amide bonds. The van der Waals surface area contributed by atoms with Crippen molar-refractivity contribution >= 4 is 21.9 Å². The van der Waals surface area contributed by atoms with Crippen molar-refractivity contribution in [3.63, 3.8) is 0 Å². The first kappa shape index (κ1) is 24.1. The summed E-state index contributed by atoms with van der Waals surface area (Å²) in [6.07, 6.45) is -0.729. The Hall–Kier alpha value is -3.60. The first-order valence-corrected chi connectivity index (χ1v) is 11.2. The van der Waals surface area contributed by atoms with Crippen molar-refractivity contribution in [2.45, 2.75) is 11.1 Å². The fourth-order valence-corrected chi connectivity index (χ4v) is 3.98. The standard InChI is InChI=1S/C22H17F4N3O3S/c1-27-12-17-19(23)4-3-5-20(17)32-14-6-8-15(9-7-14)33(2,31)29-21(30)16-13-28-11-10-18(16)22(24,25)26/h3-13H,1-2H3. The number of carbonyl (C=O) groups excluding carboxylic acids is 1. The van der Waals surface area contributed by atoms with Crippen LogP contribution in [0.15, 0.2) is 75.2 Å². The minimum atomic E-state index is -4.80. The van der Waals surface area contributed by atoms with E-state index in [2.05, 4.69) is 14.3 Å². The van der Waals surface area contributed by atoms with E-state index in [-0.39, 0.29) is 22.0 Å². The van der Waals surface area contributed by atoms with Crippen LogP contribution < -0.4 is 4.74 Å². The molecule has 0 saturated heterocycles. The maximum absolute atomic E-state index is 14.0. The molecule has 0 aliphatic carbocycles. The number of carbonyl (C=O) groups is 1. The van der Waals surface area contributed by atoms with Gasteiger partial charge in [0.2, 0.25) is 0 Å². The van der Waals surface area contributed by atoms with Crippen molar-refractivity contribution in [3.8, 4) is 11.5 Å². The van der Waals surface area contributed by atoms with E-state index in [9.17, 15) is 26.6 Å². The Morgan fingerprint density at radius 3 is 2.45 bits per heavy atom. The molecular weight excluding hydrogens is 462 g/mol. The average Bonchev–Trinajstić information content (AvgIpc) is 2.76. The molecule has 172 valence electrons. The number of pyridine rings is 1. The Labute approximate surface area is 187 Å². The van der Waals surface area contributed by atoms with Crippen LogP contribution in [0, 0.1) is 5.82 Å². The van der Waals surface area contributed by atoms with Gasteiger partial charge in [-0.3, -0.25) is 14.8 Å². The Morgan fingerprint density at radius 1 is 1.12 bits per heavy atom. The molecule has 0 fully saturated rings. The predicted octanol–water partition coefficient (Wildman–Crippen LogP) is 5.38. The van der Waals surface area contributed by atoms with Crippen molar-refractivity contribution in [2.24, 2.45) is 9.36 Å². The summed E-state index contributed by atoms with van der Waals surface area (Å²) in [6, 6.07) is 10.5. The van der Waals surface area contributed by atoms with Gasteiger partial charge in [0.25, 0.3) is 5.91 Å². The third-order valence-corrected chi connectivity index (χ3v) is 6.04. The Morgan fingerprint density at radius 2 is 1.82 bits per heavy atom. The van der Waals surface area contributed by atoms with E-state index in [1.807, 2.05) is 0 Å². The molecule has 0 aliphatic rings. The zero-order valence-corrected chi connectivity index (χ0v) is 18.2. The van der Waals surface area contributed by atoms with Gasteiger partial charge in [0.15, 0.2) is 0 Å². The summed E-state index contributed by atoms with van der Waals surface area (Å²) >= 11 is 0. The molecule has 0 N–H and O–H groups in total. The number of amides is 1. The molecule has 6 nitrogen and oxygen atoms in total. The van der Waals surface area contributed by atoms with E-state index in [0.717, 1.165) is 18.6 Å². The number of rotatable bonds is 5. The number of hydrogen-bond acceptors (Lipinski definition) is 5. The Kier molecular flexibility index (Phi) is 6.92. The Balaban J connectivity index is 1.90. The highest BCUT2D eigenvalue weighted by Crippen LogP contribution is 2.32. The zero-order valence-electron chi connectivity index (χ0n) is 17.3. The van der Waals surface area contributed by atoms with Crippen molar-refractivity contribution in [1.82, 2.24) is 4.98 Å². The van der Waals surface area contributed by atoms with Crippen molar-refractivity contribution in [1.29, 1.82) is 0 Å². The van der Waals surface area contributed by atoms with Crippen LogP contribution >= 0.6 is 0 Å². The third kappa shape index (κ3) is 5.61. The van der Waals surface area contributed by atoms with Gasteiger partial charge in [0, 0.05) is 36.8 Å². The van der Waals surface area contributed by atoms with Crippen LogP contribution in [-0.4, -0.2) is 34.6 Å². The fourth-order valence-electron chi connectivity index (χ4n) is 2.82. The molecule has 3 rings (SSSR count). The summed E-state index contributed by atoms with van der Waals surface area (Å²) in [5.74, 6) is -1.37. The van der Waals surface area contributed by atoms with Crippen molar-refractivity contribution in [2.75, 3.05) is 13.3 Å². The smallest absolute Gasteiger partial charge is 0.417 e. The van der Waals surface area contributed by atoms with Gasteiger partial charge in [-0.05, 0) is 42.5 Å². The molecule has 0 bridgehead atoms. The third-order valence-electron chi connectivity index (χ3n) is 4.37. The molecule has 0 radical (unpaired) electrons. The predicted molar refractivity (Wildman–Crippen MR) is 115 cm³/mol. The summed E-state index contributed by atoms with van der Waals surface area (Å²) in [6.45, 7) is 0. The number of halogens is 4. The second-order valence-corrected chi connectivity index (χ2v) is 8.99. The summed E-state index contributed by atoms with van der Waals surface area (Å²) in [5, 5.41) is 0. The van der Waals surface area contributed by atoms with E-state index in [1.165, 1.54) is 55.7 Å². The lowest BCUT2D eigenvalue weighted by Gasteiger charge is -2.11. The molecule has 3 aromatic rings. The number of aromatic nitrogens is 1. The lowest BCUT2D eigenvalue weighted by Crippen LogP contribution is -2.13. The van der Waals surface area contributed by atoms with E-state index < -0.39 is 38.8 Å². The van der Waals surface area contributed by atoms with Gasteiger partial charge in [0.05, 0.1) is 26.4 Å². The normalized spacial score (nSPS) is 13.5.